The SMILES string of the molecule is O=C(c1cc(-c2ccncc2)n(-c2ccc(C(F)(F)F)c(F)c2)n1)N1CCC(N2C(=O)OC[C@H]2c2ccccc2)CC1. The first-order valence-corrected chi connectivity index (χ1v) is 13.4. The first-order chi connectivity index (χ1) is 20.2. The second kappa shape index (κ2) is 10.9. The summed E-state index contributed by atoms with van der Waals surface area (Å²) in [4.78, 5) is 33.6. The third kappa shape index (κ3) is 5.19. The van der Waals surface area contributed by atoms with E-state index in [1.165, 1.54) is 23.1 Å². The van der Waals surface area contributed by atoms with Crippen molar-refractivity contribution in [2.45, 2.75) is 31.1 Å². The summed E-state index contributed by atoms with van der Waals surface area (Å²) in [5.41, 5.74) is 0.665. The zero-order valence-corrected chi connectivity index (χ0v) is 22.2. The predicted octanol–water partition coefficient (Wildman–Crippen LogP) is 5.89. The number of hydrogen-bond donors (Lipinski definition) is 0. The van der Waals surface area contributed by atoms with E-state index in [-0.39, 0.29) is 42.1 Å². The highest BCUT2D eigenvalue weighted by Gasteiger charge is 2.41. The Morgan fingerprint density at radius 1 is 0.952 bits per heavy atom. The van der Waals surface area contributed by atoms with E-state index in [1.807, 2.05) is 30.3 Å². The van der Waals surface area contributed by atoms with Crippen LogP contribution in [0.5, 0.6) is 0 Å². The van der Waals surface area contributed by atoms with E-state index in [0.717, 1.165) is 17.7 Å². The number of pyridine rings is 1. The lowest BCUT2D eigenvalue weighted by Gasteiger charge is -2.37. The summed E-state index contributed by atoms with van der Waals surface area (Å²) in [5, 5.41) is 4.40. The first kappa shape index (κ1) is 27.4. The van der Waals surface area contributed by atoms with Crippen molar-refractivity contribution in [2.75, 3.05) is 19.7 Å². The number of nitrogens with zero attached hydrogens (tertiary/aromatic N) is 5. The van der Waals surface area contributed by atoms with Crippen molar-refractivity contribution in [3.63, 3.8) is 0 Å². The van der Waals surface area contributed by atoms with Gasteiger partial charge in [0.2, 0.25) is 0 Å². The Morgan fingerprint density at radius 2 is 1.67 bits per heavy atom. The Labute approximate surface area is 238 Å². The van der Waals surface area contributed by atoms with Gasteiger partial charge in [-0.1, -0.05) is 30.3 Å². The van der Waals surface area contributed by atoms with E-state index in [9.17, 15) is 27.2 Å². The fraction of sp³-hybridized carbons (Fsp3) is 0.267. The van der Waals surface area contributed by atoms with Crippen molar-refractivity contribution in [3.05, 3.63) is 102 Å². The van der Waals surface area contributed by atoms with Crippen molar-refractivity contribution in [2.24, 2.45) is 0 Å². The average molecular weight is 580 g/mol. The number of carbonyl (C=O) groups excluding carboxylic acids is 2. The van der Waals surface area contributed by atoms with Gasteiger partial charge in [-0.15, -0.1) is 0 Å². The quantitative estimate of drug-likeness (QED) is 0.276. The van der Waals surface area contributed by atoms with E-state index in [1.54, 1.807) is 21.9 Å². The number of amides is 2. The molecule has 42 heavy (non-hydrogen) atoms. The molecule has 1 atom stereocenters. The molecule has 2 aliphatic heterocycles. The van der Waals surface area contributed by atoms with Crippen LogP contribution in [0, 0.1) is 5.82 Å². The van der Waals surface area contributed by atoms with Crippen LogP contribution < -0.4 is 0 Å². The minimum atomic E-state index is -4.85. The van der Waals surface area contributed by atoms with Gasteiger partial charge in [0.15, 0.2) is 5.69 Å². The molecule has 0 spiro atoms. The molecular formula is C30H25F4N5O3. The van der Waals surface area contributed by atoms with E-state index >= 15 is 0 Å². The van der Waals surface area contributed by atoms with Crippen molar-refractivity contribution in [1.82, 2.24) is 24.6 Å². The van der Waals surface area contributed by atoms with Crippen LogP contribution in [0.4, 0.5) is 22.4 Å². The van der Waals surface area contributed by atoms with Crippen molar-refractivity contribution in [1.29, 1.82) is 0 Å². The maximum Gasteiger partial charge on any atom is 0.419 e. The van der Waals surface area contributed by atoms with Gasteiger partial charge in [0.25, 0.3) is 5.91 Å². The van der Waals surface area contributed by atoms with Gasteiger partial charge in [-0.25, -0.2) is 13.9 Å². The third-order valence-electron chi connectivity index (χ3n) is 7.65. The molecule has 0 unspecified atom stereocenters. The number of halogens is 4. The topological polar surface area (TPSA) is 80.6 Å². The number of piperidine rings is 1. The Balaban J connectivity index is 1.24. The molecule has 2 fully saturated rings. The Morgan fingerprint density at radius 3 is 2.33 bits per heavy atom. The van der Waals surface area contributed by atoms with Gasteiger partial charge in [-0.3, -0.25) is 14.7 Å². The number of aromatic nitrogens is 3. The fourth-order valence-electron chi connectivity index (χ4n) is 5.55. The van der Waals surface area contributed by atoms with Gasteiger partial charge in [0, 0.05) is 43.2 Å². The molecule has 8 nitrogen and oxygen atoms in total. The van der Waals surface area contributed by atoms with Crippen LogP contribution >= 0.6 is 0 Å². The number of alkyl halides is 3. The molecule has 2 saturated heterocycles. The van der Waals surface area contributed by atoms with Gasteiger partial charge in [0.1, 0.15) is 12.4 Å². The Hall–Kier alpha value is -4.74. The summed E-state index contributed by atoms with van der Waals surface area (Å²) in [6, 6.07) is 16.7. The second-order valence-electron chi connectivity index (χ2n) is 10.2. The van der Waals surface area contributed by atoms with Gasteiger partial charge >= 0.3 is 12.3 Å². The van der Waals surface area contributed by atoms with Crippen LogP contribution in [0.15, 0.2) is 79.1 Å². The van der Waals surface area contributed by atoms with Gasteiger partial charge in [-0.05, 0) is 48.7 Å². The Bertz CT molecular complexity index is 1600. The van der Waals surface area contributed by atoms with Gasteiger partial charge < -0.3 is 9.64 Å². The van der Waals surface area contributed by atoms with Crippen LogP contribution in [0.3, 0.4) is 0 Å². The number of cyclic esters (lactones) is 1. The molecule has 0 N–H and O–H groups in total. The number of rotatable bonds is 5. The lowest BCUT2D eigenvalue weighted by molar-refractivity contribution is -0.140. The van der Waals surface area contributed by atoms with Crippen LogP contribution in [0.2, 0.25) is 0 Å². The summed E-state index contributed by atoms with van der Waals surface area (Å²) in [7, 11) is 0. The molecule has 6 rings (SSSR count). The summed E-state index contributed by atoms with van der Waals surface area (Å²) >= 11 is 0. The molecule has 2 aromatic heterocycles. The lowest BCUT2D eigenvalue weighted by atomic mass is 9.99. The molecular weight excluding hydrogens is 554 g/mol. The zero-order chi connectivity index (χ0) is 29.4. The molecule has 4 heterocycles. The fourth-order valence-corrected chi connectivity index (χ4v) is 5.55. The molecule has 0 aliphatic carbocycles. The molecule has 0 bridgehead atoms. The molecule has 0 saturated carbocycles. The maximum atomic E-state index is 14.5. The summed E-state index contributed by atoms with van der Waals surface area (Å²) in [6.45, 7) is 0.990. The molecule has 0 radical (unpaired) electrons. The summed E-state index contributed by atoms with van der Waals surface area (Å²) < 4.78 is 60.5. The van der Waals surface area contributed by atoms with Crippen LogP contribution in [-0.2, 0) is 10.9 Å². The largest absolute Gasteiger partial charge is 0.447 e. The normalized spacial score (nSPS) is 17.9. The van der Waals surface area contributed by atoms with Crippen LogP contribution in [0.25, 0.3) is 16.9 Å². The highest BCUT2D eigenvalue weighted by molar-refractivity contribution is 5.93. The van der Waals surface area contributed by atoms with Crippen molar-refractivity contribution >= 4 is 12.0 Å². The molecule has 2 amide bonds. The van der Waals surface area contributed by atoms with Crippen molar-refractivity contribution in [3.8, 4) is 16.9 Å². The second-order valence-corrected chi connectivity index (χ2v) is 10.2. The highest BCUT2D eigenvalue weighted by Crippen LogP contribution is 2.35. The van der Waals surface area contributed by atoms with Gasteiger partial charge in [-0.2, -0.15) is 18.3 Å². The Kier molecular flexibility index (Phi) is 7.13. The number of hydrogen-bond acceptors (Lipinski definition) is 5. The van der Waals surface area contributed by atoms with Gasteiger partial charge in [0.05, 0.1) is 23.0 Å². The number of benzene rings is 2. The highest BCUT2D eigenvalue weighted by atomic mass is 19.4. The molecule has 12 heteroatoms. The third-order valence-corrected chi connectivity index (χ3v) is 7.65. The maximum absolute atomic E-state index is 14.5. The van der Waals surface area contributed by atoms with E-state index in [2.05, 4.69) is 10.1 Å². The smallest absolute Gasteiger partial charge is 0.419 e. The summed E-state index contributed by atoms with van der Waals surface area (Å²) in [6.07, 6.45) is -1.10. The standard InChI is InChI=1S/C30H25F4N5O3/c31-24-16-22(6-7-23(24)30(32,33)34)39-26(20-8-12-35-13-9-20)17-25(36-39)28(40)37-14-10-21(11-15-37)38-27(18-42-29(38)41)19-4-2-1-3-5-19/h1-9,12-13,16-17,21,27H,10-11,14-15,18H2/t27-/m0/s1. The summed E-state index contributed by atoms with van der Waals surface area (Å²) in [5.74, 6) is -1.82. The zero-order valence-electron chi connectivity index (χ0n) is 22.2. The van der Waals surface area contributed by atoms with Crippen molar-refractivity contribution < 1.29 is 31.9 Å². The minimum absolute atomic E-state index is 0.0320. The lowest BCUT2D eigenvalue weighted by Crippen LogP contribution is -2.47. The van der Waals surface area contributed by atoms with Crippen LogP contribution in [-0.4, -0.2) is 62.3 Å². The molecule has 2 aromatic carbocycles. The van der Waals surface area contributed by atoms with E-state index < -0.39 is 17.6 Å². The monoisotopic (exact) mass is 579 g/mol. The van der Waals surface area contributed by atoms with Crippen LogP contribution in [0.1, 0.15) is 40.5 Å². The predicted molar refractivity (Wildman–Crippen MR) is 143 cm³/mol. The number of likely N-dealkylation sites (tertiary alicyclic amines) is 1. The number of carbonyl (C=O) groups is 2. The minimum Gasteiger partial charge on any atom is -0.447 e. The first-order valence-electron chi connectivity index (χ1n) is 13.4. The average Bonchev–Trinajstić information content (AvgIpc) is 3.61. The van der Waals surface area contributed by atoms with E-state index in [4.69, 9.17) is 4.74 Å². The van der Waals surface area contributed by atoms with E-state index in [0.29, 0.717) is 43.3 Å². The number of ether oxygens (including phenoxy) is 1. The molecule has 2 aliphatic rings. The molecule has 216 valence electrons. The molecule has 4 aromatic rings.